The Labute approximate surface area is 177 Å². The van der Waals surface area contributed by atoms with Crippen molar-refractivity contribution in [2.75, 3.05) is 5.32 Å². The van der Waals surface area contributed by atoms with Gasteiger partial charge in [0.1, 0.15) is 5.82 Å². The van der Waals surface area contributed by atoms with Crippen LogP contribution in [0.25, 0.3) is 10.9 Å². The fourth-order valence-corrected chi connectivity index (χ4v) is 4.72. The van der Waals surface area contributed by atoms with Gasteiger partial charge in [-0.15, -0.1) is 0 Å². The Hall–Kier alpha value is -2.75. The first-order valence-corrected chi connectivity index (χ1v) is 10.8. The third-order valence-corrected chi connectivity index (χ3v) is 7.06. The first-order chi connectivity index (χ1) is 14.4. The number of amides is 1. The number of halogens is 1. The summed E-state index contributed by atoms with van der Waals surface area (Å²) in [5, 5.41) is 3.99. The van der Waals surface area contributed by atoms with Crippen LogP contribution in [0.15, 0.2) is 54.7 Å². The molecular weight excluding hydrogens is 375 g/mol. The molecule has 0 bridgehead atoms. The van der Waals surface area contributed by atoms with Crippen LogP contribution < -0.4 is 5.32 Å². The molecule has 1 fully saturated rings. The molecule has 0 aliphatic heterocycles. The van der Waals surface area contributed by atoms with Crippen LogP contribution in [0.1, 0.15) is 56.6 Å². The summed E-state index contributed by atoms with van der Waals surface area (Å²) in [6.45, 7) is 6.31. The molecule has 1 atom stereocenters. The van der Waals surface area contributed by atoms with Gasteiger partial charge in [-0.05, 0) is 85.9 Å². The van der Waals surface area contributed by atoms with Crippen LogP contribution in [-0.2, 0) is 4.79 Å². The number of nitrogens with one attached hydrogen (secondary N) is 1. The fourth-order valence-electron chi connectivity index (χ4n) is 4.72. The molecule has 0 radical (unpaired) electrons. The van der Waals surface area contributed by atoms with Crippen molar-refractivity contribution in [1.29, 1.82) is 0 Å². The minimum atomic E-state index is -0.223. The van der Waals surface area contributed by atoms with E-state index >= 15 is 0 Å². The molecule has 4 rings (SSSR count). The summed E-state index contributed by atoms with van der Waals surface area (Å²) in [6, 6.07) is 14.8. The van der Waals surface area contributed by atoms with Gasteiger partial charge in [-0.3, -0.25) is 9.78 Å². The van der Waals surface area contributed by atoms with Gasteiger partial charge in [0.25, 0.3) is 0 Å². The first kappa shape index (κ1) is 20.5. The molecule has 0 spiro atoms. The van der Waals surface area contributed by atoms with E-state index in [4.69, 9.17) is 0 Å². The molecule has 0 unspecified atom stereocenters. The van der Waals surface area contributed by atoms with Crippen molar-refractivity contribution in [3.05, 3.63) is 71.7 Å². The Balaban J connectivity index is 1.46. The minimum Gasteiger partial charge on any atom is -0.326 e. The standard InChI is InChI=1S/C26H29FN2O/c1-17-4-7-21(8-5-17)29-25(30)18(2)26(3)13-10-19(11-14-26)22-12-15-28-24-9-6-20(27)16-23(22)24/h4-9,12,15-16,18-19H,10-11,13-14H2,1-3H3,(H,29,30)/t18-,19?,26?/m1/s1. The Morgan fingerprint density at radius 1 is 1.13 bits per heavy atom. The zero-order valence-corrected chi connectivity index (χ0v) is 17.9. The molecule has 1 aliphatic rings. The summed E-state index contributed by atoms with van der Waals surface area (Å²) < 4.78 is 13.8. The molecule has 1 aromatic heterocycles. The Morgan fingerprint density at radius 3 is 2.53 bits per heavy atom. The number of anilines is 1. The quantitative estimate of drug-likeness (QED) is 0.531. The Morgan fingerprint density at radius 2 is 1.83 bits per heavy atom. The summed E-state index contributed by atoms with van der Waals surface area (Å²) >= 11 is 0. The lowest BCUT2D eigenvalue weighted by molar-refractivity contribution is -0.123. The van der Waals surface area contributed by atoms with Gasteiger partial charge < -0.3 is 5.32 Å². The maximum absolute atomic E-state index is 13.8. The molecular formula is C26H29FN2O. The monoisotopic (exact) mass is 404 g/mol. The van der Waals surface area contributed by atoms with Crippen LogP contribution in [0.2, 0.25) is 0 Å². The van der Waals surface area contributed by atoms with E-state index in [1.165, 1.54) is 17.2 Å². The van der Waals surface area contributed by atoms with E-state index in [9.17, 15) is 9.18 Å². The van der Waals surface area contributed by atoms with Gasteiger partial charge in [-0.1, -0.05) is 31.5 Å². The topological polar surface area (TPSA) is 42.0 Å². The lowest BCUT2D eigenvalue weighted by atomic mass is 9.64. The van der Waals surface area contributed by atoms with Crippen molar-refractivity contribution in [3.63, 3.8) is 0 Å². The molecule has 2 aromatic carbocycles. The van der Waals surface area contributed by atoms with Crippen LogP contribution in [0.3, 0.4) is 0 Å². The van der Waals surface area contributed by atoms with E-state index in [0.29, 0.717) is 5.92 Å². The first-order valence-electron chi connectivity index (χ1n) is 10.8. The predicted octanol–water partition coefficient (Wildman–Crippen LogP) is 6.62. The van der Waals surface area contributed by atoms with E-state index < -0.39 is 0 Å². The second-order valence-corrected chi connectivity index (χ2v) is 9.07. The van der Waals surface area contributed by atoms with Crippen LogP contribution >= 0.6 is 0 Å². The zero-order valence-electron chi connectivity index (χ0n) is 17.9. The third kappa shape index (κ3) is 4.09. The lowest BCUT2D eigenvalue weighted by Crippen LogP contribution is -2.37. The Kier molecular flexibility index (Phi) is 5.59. The molecule has 1 saturated carbocycles. The third-order valence-electron chi connectivity index (χ3n) is 7.06. The fraction of sp³-hybridized carbons (Fsp3) is 0.385. The molecule has 156 valence electrons. The summed E-state index contributed by atoms with van der Waals surface area (Å²) in [5.74, 6) is 0.152. The van der Waals surface area contributed by atoms with Crippen molar-refractivity contribution < 1.29 is 9.18 Å². The number of carbonyl (C=O) groups excluding carboxylic acids is 1. The molecule has 4 heteroatoms. The predicted molar refractivity (Wildman–Crippen MR) is 120 cm³/mol. The molecule has 0 saturated heterocycles. The molecule has 30 heavy (non-hydrogen) atoms. The zero-order chi connectivity index (χ0) is 21.3. The van der Waals surface area contributed by atoms with Crippen molar-refractivity contribution in [2.24, 2.45) is 11.3 Å². The van der Waals surface area contributed by atoms with E-state index in [-0.39, 0.29) is 23.1 Å². The maximum Gasteiger partial charge on any atom is 0.227 e. The van der Waals surface area contributed by atoms with Crippen LogP contribution in [-0.4, -0.2) is 10.9 Å². The van der Waals surface area contributed by atoms with Gasteiger partial charge in [0.15, 0.2) is 0 Å². The summed E-state index contributed by atoms with van der Waals surface area (Å²) in [5.41, 5.74) is 4.00. The number of benzene rings is 2. The van der Waals surface area contributed by atoms with E-state index in [1.807, 2.05) is 50.4 Å². The summed E-state index contributed by atoms with van der Waals surface area (Å²) in [7, 11) is 0. The van der Waals surface area contributed by atoms with E-state index in [0.717, 1.165) is 42.3 Å². The van der Waals surface area contributed by atoms with Gasteiger partial charge in [-0.25, -0.2) is 4.39 Å². The number of hydrogen-bond acceptors (Lipinski definition) is 2. The number of aromatic nitrogens is 1. The van der Waals surface area contributed by atoms with Crippen LogP contribution in [0.5, 0.6) is 0 Å². The average Bonchev–Trinajstić information content (AvgIpc) is 2.75. The molecule has 3 nitrogen and oxygen atoms in total. The highest BCUT2D eigenvalue weighted by Gasteiger charge is 2.39. The largest absolute Gasteiger partial charge is 0.326 e. The molecule has 1 N–H and O–H groups in total. The number of carbonyl (C=O) groups is 1. The highest BCUT2D eigenvalue weighted by Crippen LogP contribution is 2.48. The SMILES string of the molecule is Cc1ccc(NC(=O)[C@@H](C)C2(C)CCC(c3ccnc4ccc(F)cc34)CC2)cc1. The molecule has 3 aromatic rings. The van der Waals surface area contributed by atoms with Gasteiger partial charge >= 0.3 is 0 Å². The van der Waals surface area contributed by atoms with Gasteiger partial charge in [0, 0.05) is 23.2 Å². The number of aryl methyl sites for hydroxylation is 1. The van der Waals surface area contributed by atoms with Crippen LogP contribution in [0, 0.1) is 24.1 Å². The molecule has 1 aliphatic carbocycles. The number of rotatable bonds is 4. The number of pyridine rings is 1. The normalized spacial score (nSPS) is 22.6. The van der Waals surface area contributed by atoms with E-state index in [2.05, 4.69) is 17.2 Å². The number of fused-ring (bicyclic) bond motifs is 1. The second-order valence-electron chi connectivity index (χ2n) is 9.07. The summed E-state index contributed by atoms with van der Waals surface area (Å²) in [6.07, 6.45) is 5.75. The van der Waals surface area contributed by atoms with Gasteiger partial charge in [-0.2, -0.15) is 0 Å². The number of nitrogens with zero attached hydrogens (tertiary/aromatic N) is 1. The summed E-state index contributed by atoms with van der Waals surface area (Å²) in [4.78, 5) is 17.3. The van der Waals surface area contributed by atoms with Crippen molar-refractivity contribution in [2.45, 2.75) is 52.4 Å². The Bertz CT molecular complexity index is 1050. The highest BCUT2D eigenvalue weighted by molar-refractivity contribution is 5.92. The van der Waals surface area contributed by atoms with Crippen molar-refractivity contribution in [1.82, 2.24) is 4.98 Å². The van der Waals surface area contributed by atoms with Crippen LogP contribution in [0.4, 0.5) is 10.1 Å². The highest BCUT2D eigenvalue weighted by atomic mass is 19.1. The van der Waals surface area contributed by atoms with E-state index in [1.54, 1.807) is 12.1 Å². The smallest absolute Gasteiger partial charge is 0.227 e. The average molecular weight is 405 g/mol. The van der Waals surface area contributed by atoms with Crippen molar-refractivity contribution in [3.8, 4) is 0 Å². The maximum atomic E-state index is 13.8. The molecule has 1 heterocycles. The van der Waals surface area contributed by atoms with Crippen molar-refractivity contribution >= 4 is 22.5 Å². The lowest BCUT2D eigenvalue weighted by Gasteiger charge is -2.41. The molecule has 1 amide bonds. The second kappa shape index (κ2) is 8.17. The number of hydrogen-bond donors (Lipinski definition) is 1. The van der Waals surface area contributed by atoms with Gasteiger partial charge in [0.05, 0.1) is 5.52 Å². The minimum absolute atomic E-state index is 0.0423. The van der Waals surface area contributed by atoms with Gasteiger partial charge in [0.2, 0.25) is 5.91 Å².